The molecule has 0 rings (SSSR count). The first-order chi connectivity index (χ1) is 3.55. The van der Waals surface area contributed by atoms with Gasteiger partial charge in [0.1, 0.15) is 12.3 Å². The van der Waals surface area contributed by atoms with Crippen molar-refractivity contribution in [3.05, 3.63) is 0 Å². The zero-order valence-electron chi connectivity index (χ0n) is 4.65. The van der Waals surface area contributed by atoms with Crippen molar-refractivity contribution in [3.63, 3.8) is 0 Å². The largest absolute Gasteiger partial charge is 0.391 e. The van der Waals surface area contributed by atoms with Crippen LogP contribution < -0.4 is 5.73 Å². The molecule has 0 fully saturated rings. The van der Waals surface area contributed by atoms with Crippen molar-refractivity contribution < 1.29 is 15.3 Å². The third-order valence-corrected chi connectivity index (χ3v) is 0.844. The number of rotatable bonds is 2. The van der Waals surface area contributed by atoms with Crippen LogP contribution in [0.1, 0.15) is 6.92 Å². The maximum Gasteiger partial charge on any atom is 0.131 e. The molecule has 0 radical (unpaired) electrons. The van der Waals surface area contributed by atoms with E-state index in [4.69, 9.17) is 21.1 Å². The summed E-state index contributed by atoms with van der Waals surface area (Å²) in [6.45, 7) is 1.35. The highest BCUT2D eigenvalue weighted by atomic mass is 16.4. The Labute approximate surface area is 47.6 Å². The zero-order valence-corrected chi connectivity index (χ0v) is 4.65. The van der Waals surface area contributed by atoms with Crippen LogP contribution in [0.15, 0.2) is 0 Å². The van der Waals surface area contributed by atoms with Crippen LogP contribution in [0.3, 0.4) is 0 Å². The molecule has 0 amide bonds. The van der Waals surface area contributed by atoms with Gasteiger partial charge in [0.25, 0.3) is 0 Å². The molecule has 8 heavy (non-hydrogen) atoms. The predicted octanol–water partition coefficient (Wildman–Crippen LogP) is -1.99. The van der Waals surface area contributed by atoms with Crippen LogP contribution in [-0.2, 0) is 0 Å². The molecular formula is C4H11NO3. The van der Waals surface area contributed by atoms with Crippen LogP contribution in [0, 0.1) is 0 Å². The summed E-state index contributed by atoms with van der Waals surface area (Å²) in [6.07, 6.45) is -3.57. The molecule has 3 unspecified atom stereocenters. The van der Waals surface area contributed by atoms with E-state index >= 15 is 0 Å². The first kappa shape index (κ1) is 7.84. The summed E-state index contributed by atoms with van der Waals surface area (Å²) in [5, 5.41) is 25.4. The van der Waals surface area contributed by atoms with Crippen LogP contribution in [0.5, 0.6) is 0 Å². The standard InChI is InChI=1S/C4H11NO3/c1-2(6)3(7)4(5)8/h2-4,6-8H,5H2,1H3. The van der Waals surface area contributed by atoms with Gasteiger partial charge in [-0.15, -0.1) is 0 Å². The molecule has 0 saturated carbocycles. The first-order valence-corrected chi connectivity index (χ1v) is 2.35. The molecule has 4 nitrogen and oxygen atoms in total. The van der Waals surface area contributed by atoms with Gasteiger partial charge < -0.3 is 21.1 Å². The van der Waals surface area contributed by atoms with Crippen molar-refractivity contribution in [2.24, 2.45) is 5.73 Å². The Kier molecular flexibility index (Phi) is 2.93. The second kappa shape index (κ2) is 2.99. The lowest BCUT2D eigenvalue weighted by atomic mass is 10.2. The summed E-state index contributed by atoms with van der Waals surface area (Å²) in [4.78, 5) is 0. The van der Waals surface area contributed by atoms with Gasteiger partial charge in [-0.25, -0.2) is 0 Å². The number of hydrogen-bond acceptors (Lipinski definition) is 4. The van der Waals surface area contributed by atoms with Crippen LogP contribution in [-0.4, -0.2) is 33.8 Å². The quantitative estimate of drug-likeness (QED) is 0.318. The van der Waals surface area contributed by atoms with Gasteiger partial charge in [-0.2, -0.15) is 0 Å². The molecule has 5 N–H and O–H groups in total. The van der Waals surface area contributed by atoms with E-state index in [1.54, 1.807) is 0 Å². The van der Waals surface area contributed by atoms with Crippen LogP contribution in [0.4, 0.5) is 0 Å². The lowest BCUT2D eigenvalue weighted by molar-refractivity contribution is -0.0487. The van der Waals surface area contributed by atoms with E-state index in [9.17, 15) is 0 Å². The van der Waals surface area contributed by atoms with E-state index in [1.165, 1.54) is 6.92 Å². The Morgan fingerprint density at radius 2 is 1.62 bits per heavy atom. The molecule has 0 aromatic heterocycles. The van der Waals surface area contributed by atoms with E-state index in [1.807, 2.05) is 0 Å². The molecule has 0 aromatic carbocycles. The molecule has 4 heteroatoms. The fourth-order valence-corrected chi connectivity index (χ4v) is 0.285. The van der Waals surface area contributed by atoms with Crippen LogP contribution in [0.25, 0.3) is 0 Å². The van der Waals surface area contributed by atoms with E-state index in [-0.39, 0.29) is 0 Å². The van der Waals surface area contributed by atoms with E-state index in [0.29, 0.717) is 0 Å². The van der Waals surface area contributed by atoms with Crippen molar-refractivity contribution in [2.75, 3.05) is 0 Å². The van der Waals surface area contributed by atoms with Crippen LogP contribution in [0.2, 0.25) is 0 Å². The highest BCUT2D eigenvalue weighted by Gasteiger charge is 2.16. The van der Waals surface area contributed by atoms with Gasteiger partial charge >= 0.3 is 0 Å². The summed E-state index contributed by atoms with van der Waals surface area (Å²) in [5.74, 6) is 0. The second-order valence-corrected chi connectivity index (χ2v) is 1.72. The molecule has 0 bridgehead atoms. The van der Waals surface area contributed by atoms with Crippen LogP contribution >= 0.6 is 0 Å². The highest BCUT2D eigenvalue weighted by Crippen LogP contribution is 1.92. The maximum absolute atomic E-state index is 8.58. The first-order valence-electron chi connectivity index (χ1n) is 2.35. The summed E-state index contributed by atoms with van der Waals surface area (Å²) in [5.41, 5.74) is 4.78. The molecule has 0 aliphatic heterocycles. The summed E-state index contributed by atoms with van der Waals surface area (Å²) < 4.78 is 0. The molecule has 3 atom stereocenters. The summed E-state index contributed by atoms with van der Waals surface area (Å²) in [7, 11) is 0. The summed E-state index contributed by atoms with van der Waals surface area (Å²) >= 11 is 0. The van der Waals surface area contributed by atoms with Gasteiger partial charge in [-0.1, -0.05) is 0 Å². The SMILES string of the molecule is CC(O)C(O)C(N)O. The smallest absolute Gasteiger partial charge is 0.131 e. The van der Waals surface area contributed by atoms with Crippen molar-refractivity contribution in [2.45, 2.75) is 25.4 Å². The predicted molar refractivity (Wildman–Crippen MR) is 27.9 cm³/mol. The molecule has 0 aromatic rings. The minimum atomic E-state index is -1.35. The molecule has 0 aliphatic carbocycles. The maximum atomic E-state index is 8.58. The van der Waals surface area contributed by atoms with E-state index in [0.717, 1.165) is 0 Å². The van der Waals surface area contributed by atoms with Crippen molar-refractivity contribution >= 4 is 0 Å². The average molecular weight is 121 g/mol. The Bertz CT molecular complexity index is 56.3. The third-order valence-electron chi connectivity index (χ3n) is 0.844. The van der Waals surface area contributed by atoms with Crippen molar-refractivity contribution in [1.82, 2.24) is 0 Å². The zero-order chi connectivity index (χ0) is 6.73. The second-order valence-electron chi connectivity index (χ2n) is 1.72. The van der Waals surface area contributed by atoms with E-state index < -0.39 is 18.4 Å². The number of aliphatic hydroxyl groups excluding tert-OH is 3. The Hall–Kier alpha value is -0.160. The lowest BCUT2D eigenvalue weighted by Crippen LogP contribution is -2.41. The molecule has 0 spiro atoms. The van der Waals surface area contributed by atoms with Gasteiger partial charge in [-0.05, 0) is 6.92 Å². The normalized spacial score (nSPS) is 22.1. The Morgan fingerprint density at radius 3 is 1.62 bits per heavy atom. The minimum absolute atomic E-state index is 0.977. The number of hydrogen-bond donors (Lipinski definition) is 4. The molecule has 0 saturated heterocycles. The monoisotopic (exact) mass is 121 g/mol. The highest BCUT2D eigenvalue weighted by molar-refractivity contribution is 4.65. The summed E-state index contributed by atoms with van der Waals surface area (Å²) in [6, 6.07) is 0. The fourth-order valence-electron chi connectivity index (χ4n) is 0.285. The Morgan fingerprint density at radius 1 is 1.25 bits per heavy atom. The molecular weight excluding hydrogens is 110 g/mol. The minimum Gasteiger partial charge on any atom is -0.391 e. The van der Waals surface area contributed by atoms with Gasteiger partial charge in [0.05, 0.1) is 6.10 Å². The lowest BCUT2D eigenvalue weighted by Gasteiger charge is -2.15. The third kappa shape index (κ3) is 2.23. The van der Waals surface area contributed by atoms with E-state index in [2.05, 4.69) is 0 Å². The fraction of sp³-hybridized carbons (Fsp3) is 1.00. The molecule has 0 heterocycles. The van der Waals surface area contributed by atoms with Gasteiger partial charge in [0.15, 0.2) is 0 Å². The average Bonchev–Trinajstić information content (AvgIpc) is 1.64. The number of nitrogens with two attached hydrogens (primary N) is 1. The van der Waals surface area contributed by atoms with Crippen molar-refractivity contribution in [1.29, 1.82) is 0 Å². The topological polar surface area (TPSA) is 86.7 Å². The molecule has 0 aliphatic rings. The molecule has 50 valence electrons. The van der Waals surface area contributed by atoms with Gasteiger partial charge in [-0.3, -0.25) is 0 Å². The van der Waals surface area contributed by atoms with Crippen molar-refractivity contribution in [3.8, 4) is 0 Å². The Balaban J connectivity index is 3.46. The van der Waals surface area contributed by atoms with Gasteiger partial charge in [0.2, 0.25) is 0 Å². The van der Waals surface area contributed by atoms with Gasteiger partial charge in [0, 0.05) is 0 Å². The number of aliphatic hydroxyl groups is 3.